The monoisotopic (exact) mass is 458 g/mol. The molecule has 0 saturated heterocycles. The van der Waals surface area contributed by atoms with Gasteiger partial charge in [0.05, 0.1) is 20.4 Å². The molecular weight excluding hydrogens is 445 g/mol. The third kappa shape index (κ3) is 3.89. The van der Waals surface area contributed by atoms with Gasteiger partial charge in [0.25, 0.3) is 15.5 Å². The molecule has 0 fully saturated rings. The van der Waals surface area contributed by atoms with Gasteiger partial charge in [0, 0.05) is 6.07 Å². The Balaban J connectivity index is 2.10. The molecule has 30 heavy (non-hydrogen) atoms. The lowest BCUT2D eigenvalue weighted by molar-refractivity contribution is -0.388. The van der Waals surface area contributed by atoms with Crippen LogP contribution < -0.4 is 0 Å². The van der Waals surface area contributed by atoms with Gasteiger partial charge in [-0.3, -0.25) is 14.7 Å². The SMILES string of the molecule is Cc1ccccc1-n1c(C)nnc1Sc1ccc(S(=O)(=O)C(F)(F)F)cc1[N+](=O)[O-]. The predicted octanol–water partition coefficient (Wildman–Crippen LogP) is 4.24. The first-order valence-corrected chi connectivity index (χ1v) is 10.5. The fourth-order valence-corrected chi connectivity index (χ4v) is 4.38. The van der Waals surface area contributed by atoms with Crippen molar-refractivity contribution in [2.45, 2.75) is 34.3 Å². The number of alkyl halides is 3. The third-order valence-corrected chi connectivity index (χ3v) is 6.59. The van der Waals surface area contributed by atoms with Crippen molar-refractivity contribution in [3.63, 3.8) is 0 Å². The van der Waals surface area contributed by atoms with Crippen LogP contribution in [0.25, 0.3) is 5.69 Å². The van der Waals surface area contributed by atoms with Gasteiger partial charge < -0.3 is 0 Å². The summed E-state index contributed by atoms with van der Waals surface area (Å²) in [6.07, 6.45) is 0. The van der Waals surface area contributed by atoms with Crippen molar-refractivity contribution in [3.8, 4) is 5.69 Å². The van der Waals surface area contributed by atoms with Crippen molar-refractivity contribution in [3.05, 3.63) is 64.0 Å². The molecule has 0 radical (unpaired) electrons. The lowest BCUT2D eigenvalue weighted by Crippen LogP contribution is -2.23. The number of nitrogens with zero attached hydrogens (tertiary/aromatic N) is 4. The summed E-state index contributed by atoms with van der Waals surface area (Å²) in [7, 11) is -5.72. The number of nitro groups is 1. The number of aromatic nitrogens is 3. The van der Waals surface area contributed by atoms with Gasteiger partial charge in [0.2, 0.25) is 5.16 Å². The van der Waals surface area contributed by atoms with Gasteiger partial charge in [0.15, 0.2) is 0 Å². The second kappa shape index (κ2) is 7.72. The molecule has 1 heterocycles. The third-order valence-electron chi connectivity index (χ3n) is 4.09. The molecule has 8 nitrogen and oxygen atoms in total. The Morgan fingerprint density at radius 3 is 2.37 bits per heavy atom. The van der Waals surface area contributed by atoms with E-state index in [1.54, 1.807) is 23.6 Å². The van der Waals surface area contributed by atoms with Crippen molar-refractivity contribution in [2.24, 2.45) is 0 Å². The van der Waals surface area contributed by atoms with Gasteiger partial charge in [-0.2, -0.15) is 13.2 Å². The second-order valence-corrected chi connectivity index (χ2v) is 9.04. The Hall–Kier alpha value is -2.93. The van der Waals surface area contributed by atoms with E-state index in [9.17, 15) is 31.7 Å². The van der Waals surface area contributed by atoms with Gasteiger partial charge in [-0.25, -0.2) is 8.42 Å². The number of nitro benzene ring substituents is 1. The van der Waals surface area contributed by atoms with Crippen LogP contribution >= 0.6 is 11.8 Å². The van der Waals surface area contributed by atoms with Crippen LogP contribution in [0.1, 0.15) is 11.4 Å². The van der Waals surface area contributed by atoms with Crippen LogP contribution in [0.2, 0.25) is 0 Å². The van der Waals surface area contributed by atoms with E-state index in [2.05, 4.69) is 10.2 Å². The summed E-state index contributed by atoms with van der Waals surface area (Å²) in [5, 5.41) is 19.6. The van der Waals surface area contributed by atoms with Gasteiger partial charge in [-0.1, -0.05) is 18.2 Å². The number of sulfone groups is 1. The van der Waals surface area contributed by atoms with Gasteiger partial charge in [-0.05, 0) is 49.4 Å². The molecular formula is C17H13F3N4O4S2. The topological polar surface area (TPSA) is 108 Å². The van der Waals surface area contributed by atoms with Crippen LogP contribution in [-0.2, 0) is 9.84 Å². The van der Waals surface area contributed by atoms with Crippen LogP contribution in [0.3, 0.4) is 0 Å². The maximum absolute atomic E-state index is 12.8. The lowest BCUT2D eigenvalue weighted by atomic mass is 10.2. The second-order valence-electron chi connectivity index (χ2n) is 6.09. The highest BCUT2D eigenvalue weighted by atomic mass is 32.2. The zero-order valence-corrected chi connectivity index (χ0v) is 17.0. The number of halogens is 3. The number of benzene rings is 2. The van der Waals surface area contributed by atoms with E-state index >= 15 is 0 Å². The molecule has 0 saturated carbocycles. The van der Waals surface area contributed by atoms with Crippen molar-refractivity contribution in [2.75, 3.05) is 0 Å². The summed E-state index contributed by atoms with van der Waals surface area (Å²) in [6.45, 7) is 3.53. The average Bonchev–Trinajstić information content (AvgIpc) is 3.01. The number of hydrogen-bond acceptors (Lipinski definition) is 7. The summed E-state index contributed by atoms with van der Waals surface area (Å²) in [5.74, 6) is 0.491. The van der Waals surface area contributed by atoms with Gasteiger partial charge >= 0.3 is 5.51 Å². The van der Waals surface area contributed by atoms with E-state index in [4.69, 9.17) is 0 Å². The standard InChI is InChI=1S/C17H13F3N4O4S2/c1-10-5-3-4-6-13(10)23-11(2)21-22-16(23)29-15-8-7-12(9-14(15)24(25)26)30(27,28)17(18,19)20/h3-9H,1-2H3. The first-order chi connectivity index (χ1) is 13.9. The van der Waals surface area contributed by atoms with E-state index in [-0.39, 0.29) is 10.1 Å². The molecule has 158 valence electrons. The summed E-state index contributed by atoms with van der Waals surface area (Å²) in [4.78, 5) is 9.20. The van der Waals surface area contributed by atoms with E-state index in [0.29, 0.717) is 18.0 Å². The number of hydrogen-bond donors (Lipinski definition) is 0. The first kappa shape index (κ1) is 21.8. The highest BCUT2D eigenvalue weighted by Gasteiger charge is 2.47. The van der Waals surface area contributed by atoms with Crippen LogP contribution in [0.4, 0.5) is 18.9 Å². The minimum atomic E-state index is -5.72. The van der Waals surface area contributed by atoms with E-state index in [0.717, 1.165) is 29.1 Å². The largest absolute Gasteiger partial charge is 0.501 e. The van der Waals surface area contributed by atoms with E-state index < -0.39 is 30.9 Å². The quantitative estimate of drug-likeness (QED) is 0.416. The minimum Gasteiger partial charge on any atom is -0.274 e. The number of para-hydroxylation sites is 1. The molecule has 0 aliphatic carbocycles. The Bertz CT molecular complexity index is 1240. The Labute approximate surface area is 172 Å². The molecule has 0 unspecified atom stereocenters. The van der Waals surface area contributed by atoms with E-state index in [1.165, 1.54) is 0 Å². The Morgan fingerprint density at radius 1 is 1.10 bits per heavy atom. The van der Waals surface area contributed by atoms with Crippen molar-refractivity contribution >= 4 is 27.3 Å². The molecule has 0 atom stereocenters. The fourth-order valence-electron chi connectivity index (χ4n) is 2.63. The van der Waals surface area contributed by atoms with Crippen LogP contribution in [0.15, 0.2) is 57.4 Å². The summed E-state index contributed by atoms with van der Waals surface area (Å²) in [6, 6.07) is 9.29. The minimum absolute atomic E-state index is 0.0802. The smallest absolute Gasteiger partial charge is 0.274 e. The van der Waals surface area contributed by atoms with Gasteiger partial charge in [-0.15, -0.1) is 10.2 Å². The highest BCUT2D eigenvalue weighted by Crippen LogP contribution is 2.39. The molecule has 0 aliphatic heterocycles. The summed E-state index contributed by atoms with van der Waals surface area (Å²) < 4.78 is 63.2. The number of aryl methyl sites for hydroxylation is 2. The van der Waals surface area contributed by atoms with Crippen molar-refractivity contribution in [1.82, 2.24) is 14.8 Å². The summed E-state index contributed by atoms with van der Waals surface area (Å²) >= 11 is 0.792. The Kier molecular flexibility index (Phi) is 5.60. The molecule has 0 spiro atoms. The Morgan fingerprint density at radius 2 is 1.77 bits per heavy atom. The molecule has 3 aromatic rings. The van der Waals surface area contributed by atoms with Crippen molar-refractivity contribution < 1.29 is 26.5 Å². The number of rotatable bonds is 5. The maximum Gasteiger partial charge on any atom is 0.501 e. The summed E-state index contributed by atoms with van der Waals surface area (Å²) in [5.41, 5.74) is -4.76. The van der Waals surface area contributed by atoms with Crippen LogP contribution in [0.5, 0.6) is 0 Å². The van der Waals surface area contributed by atoms with Crippen molar-refractivity contribution in [1.29, 1.82) is 0 Å². The zero-order valence-electron chi connectivity index (χ0n) is 15.4. The maximum atomic E-state index is 12.8. The molecule has 0 aliphatic rings. The predicted molar refractivity (Wildman–Crippen MR) is 101 cm³/mol. The molecule has 0 bridgehead atoms. The molecule has 13 heteroatoms. The molecule has 1 aromatic heterocycles. The first-order valence-electron chi connectivity index (χ1n) is 8.19. The fraction of sp³-hybridized carbons (Fsp3) is 0.176. The van der Waals surface area contributed by atoms with Gasteiger partial charge in [0.1, 0.15) is 5.82 Å². The lowest BCUT2D eigenvalue weighted by Gasteiger charge is -2.12. The molecule has 0 N–H and O–H groups in total. The molecule has 0 amide bonds. The van der Waals surface area contributed by atoms with E-state index in [1.807, 2.05) is 19.1 Å². The van der Waals surface area contributed by atoms with Crippen LogP contribution in [-0.4, -0.2) is 33.6 Å². The normalized spacial score (nSPS) is 12.2. The average molecular weight is 458 g/mol. The van der Waals surface area contributed by atoms with Crippen LogP contribution in [0, 0.1) is 24.0 Å². The molecule has 2 aromatic carbocycles. The highest BCUT2D eigenvalue weighted by molar-refractivity contribution is 7.99. The zero-order chi connectivity index (χ0) is 22.3. The molecule has 3 rings (SSSR count).